The molecule has 11 heteroatoms. The molecule has 1 amide bonds. The minimum absolute atomic E-state index is 0.0626. The number of nitrogens with one attached hydrogen (secondary N) is 1. The fourth-order valence-electron chi connectivity index (χ4n) is 4.05. The Kier molecular flexibility index (Phi) is 4.89. The maximum Gasteiger partial charge on any atom is 0.299 e. The number of carbonyl (C=O) groups is 1. The van der Waals surface area contributed by atoms with Crippen LogP contribution < -0.4 is 20.5 Å². The zero-order valence-electron chi connectivity index (χ0n) is 18.4. The molecule has 1 N–H and O–H groups in total. The minimum atomic E-state index is -0.538. The van der Waals surface area contributed by atoms with Crippen molar-refractivity contribution >= 4 is 34.2 Å². The third-order valence-electron chi connectivity index (χ3n) is 5.71. The van der Waals surface area contributed by atoms with Crippen LogP contribution in [0.15, 0.2) is 59.5 Å². The number of pyridine rings is 1. The molecule has 0 spiro atoms. The summed E-state index contributed by atoms with van der Waals surface area (Å²) < 4.78 is 13.7. The molecule has 0 unspecified atom stereocenters. The van der Waals surface area contributed by atoms with Crippen LogP contribution in [0.4, 0.5) is 0 Å². The first kappa shape index (κ1) is 21.1. The third kappa shape index (κ3) is 3.55. The summed E-state index contributed by atoms with van der Waals surface area (Å²) in [5.74, 6) is 0.563. The highest BCUT2D eigenvalue weighted by atomic mass is 35.5. The van der Waals surface area contributed by atoms with Crippen LogP contribution in [0, 0.1) is 6.92 Å². The van der Waals surface area contributed by atoms with Gasteiger partial charge in [0.1, 0.15) is 18.7 Å². The highest BCUT2D eigenvalue weighted by molar-refractivity contribution is 6.30. The summed E-state index contributed by atoms with van der Waals surface area (Å²) in [5.41, 5.74) is 5.81. The Morgan fingerprint density at radius 1 is 1.03 bits per heavy atom. The summed E-state index contributed by atoms with van der Waals surface area (Å²) in [6, 6.07) is 13.8. The smallest absolute Gasteiger partial charge is 0.299 e. The first-order valence-electron chi connectivity index (χ1n) is 10.7. The molecule has 1 aliphatic heterocycles. The number of halogens is 1. The molecule has 6 rings (SSSR count). The molecule has 0 saturated heterocycles. The van der Waals surface area contributed by atoms with E-state index in [0.717, 1.165) is 21.5 Å². The second kappa shape index (κ2) is 8.10. The number of carbonyl (C=O) groups excluding carboxylic acids is 1. The van der Waals surface area contributed by atoms with E-state index in [1.54, 1.807) is 40.9 Å². The summed E-state index contributed by atoms with van der Waals surface area (Å²) in [7, 11) is 0. The molecule has 35 heavy (non-hydrogen) atoms. The number of aryl methyl sites for hydroxylation is 1. The van der Waals surface area contributed by atoms with Gasteiger partial charge in [0.05, 0.1) is 11.3 Å². The summed E-state index contributed by atoms with van der Waals surface area (Å²) >= 11 is 6.02. The molecule has 3 aromatic heterocycles. The monoisotopic (exact) mass is 488 g/mol. The van der Waals surface area contributed by atoms with Gasteiger partial charge in [-0.2, -0.15) is 5.10 Å². The van der Waals surface area contributed by atoms with E-state index in [1.165, 1.54) is 6.20 Å². The number of amides is 1. The van der Waals surface area contributed by atoms with E-state index in [1.807, 2.05) is 19.1 Å². The number of nitrogens with zero attached hydrogens (tertiary/aromatic N) is 5. The SMILES string of the molecule is Cc1nn2c(nnc3c(=O)n(NC(=O)c4ccc5c(c4)OCCO5)ccc32)c1-c1ccc(Cl)cc1. The molecule has 5 aromatic rings. The van der Waals surface area contributed by atoms with Gasteiger partial charge in [0.25, 0.3) is 11.5 Å². The predicted molar refractivity (Wildman–Crippen MR) is 129 cm³/mol. The van der Waals surface area contributed by atoms with Crippen molar-refractivity contribution in [3.63, 3.8) is 0 Å². The van der Waals surface area contributed by atoms with Crippen molar-refractivity contribution in [3.8, 4) is 22.6 Å². The Labute approximate surface area is 202 Å². The quantitative estimate of drug-likeness (QED) is 0.415. The van der Waals surface area contributed by atoms with Crippen molar-refractivity contribution in [2.75, 3.05) is 18.6 Å². The standard InChI is InChI=1S/C24H17ClN6O4/c1-13-20(14-2-5-16(25)6-3-14)22-27-26-21-17(31(22)28-13)8-9-30(24(21)33)29-23(32)15-4-7-18-19(12-15)35-11-10-34-18/h2-9,12H,10-11H2,1H3,(H,29,32). The third-order valence-corrected chi connectivity index (χ3v) is 5.97. The first-order valence-corrected chi connectivity index (χ1v) is 11.1. The van der Waals surface area contributed by atoms with Gasteiger partial charge in [-0.3, -0.25) is 15.0 Å². The number of benzene rings is 2. The molecule has 0 atom stereocenters. The first-order chi connectivity index (χ1) is 17.0. The van der Waals surface area contributed by atoms with Crippen molar-refractivity contribution in [2.45, 2.75) is 6.92 Å². The van der Waals surface area contributed by atoms with Crippen LogP contribution in [-0.4, -0.2) is 43.6 Å². The van der Waals surface area contributed by atoms with Crippen molar-refractivity contribution in [1.82, 2.24) is 24.5 Å². The molecular formula is C24H17ClN6O4. The Bertz CT molecular complexity index is 1690. The van der Waals surface area contributed by atoms with E-state index in [4.69, 9.17) is 21.1 Å². The van der Waals surface area contributed by atoms with Gasteiger partial charge in [0.15, 0.2) is 22.7 Å². The van der Waals surface area contributed by atoms with E-state index in [0.29, 0.717) is 46.5 Å². The van der Waals surface area contributed by atoms with Gasteiger partial charge in [0.2, 0.25) is 0 Å². The van der Waals surface area contributed by atoms with E-state index in [2.05, 4.69) is 20.7 Å². The molecule has 0 aliphatic carbocycles. The second-order valence-corrected chi connectivity index (χ2v) is 8.36. The lowest BCUT2D eigenvalue weighted by Crippen LogP contribution is -2.33. The van der Waals surface area contributed by atoms with Gasteiger partial charge in [-0.1, -0.05) is 23.7 Å². The van der Waals surface area contributed by atoms with E-state index < -0.39 is 11.5 Å². The van der Waals surface area contributed by atoms with Crippen molar-refractivity contribution < 1.29 is 14.3 Å². The molecule has 1 aliphatic rings. The molecule has 0 saturated carbocycles. The maximum atomic E-state index is 13.1. The van der Waals surface area contributed by atoms with Crippen LogP contribution in [0.25, 0.3) is 27.8 Å². The lowest BCUT2D eigenvalue weighted by molar-refractivity contribution is 0.101. The highest BCUT2D eigenvalue weighted by Gasteiger charge is 2.19. The van der Waals surface area contributed by atoms with Crippen molar-refractivity contribution in [2.24, 2.45) is 0 Å². The van der Waals surface area contributed by atoms with Gasteiger partial charge in [-0.05, 0) is 48.9 Å². The number of aromatic nitrogens is 5. The molecule has 2 aromatic carbocycles. The normalized spacial score (nSPS) is 12.7. The molecule has 0 bridgehead atoms. The van der Waals surface area contributed by atoms with Crippen LogP contribution in [0.2, 0.25) is 5.02 Å². The van der Waals surface area contributed by atoms with Crippen LogP contribution in [0.3, 0.4) is 0 Å². The largest absolute Gasteiger partial charge is 0.486 e. The van der Waals surface area contributed by atoms with Gasteiger partial charge in [-0.15, -0.1) is 10.2 Å². The van der Waals surface area contributed by atoms with Crippen LogP contribution in [0.1, 0.15) is 16.1 Å². The Hall–Kier alpha value is -4.44. The summed E-state index contributed by atoms with van der Waals surface area (Å²) in [6.45, 7) is 2.72. The Morgan fingerprint density at radius 2 is 1.80 bits per heavy atom. The van der Waals surface area contributed by atoms with Gasteiger partial charge in [-0.25, -0.2) is 9.19 Å². The van der Waals surface area contributed by atoms with Crippen molar-refractivity contribution in [1.29, 1.82) is 0 Å². The average Bonchev–Trinajstić information content (AvgIpc) is 3.22. The van der Waals surface area contributed by atoms with Crippen LogP contribution in [-0.2, 0) is 0 Å². The van der Waals surface area contributed by atoms with Gasteiger partial charge in [0, 0.05) is 16.8 Å². The Morgan fingerprint density at radius 3 is 2.60 bits per heavy atom. The molecule has 4 heterocycles. The molecule has 0 fully saturated rings. The number of hydrogen-bond donors (Lipinski definition) is 1. The molecule has 174 valence electrons. The summed E-state index contributed by atoms with van der Waals surface area (Å²) in [5, 5.41) is 13.6. The van der Waals surface area contributed by atoms with Gasteiger partial charge < -0.3 is 9.47 Å². The van der Waals surface area contributed by atoms with Crippen molar-refractivity contribution in [3.05, 3.63) is 81.4 Å². The molecular weight excluding hydrogens is 472 g/mol. The highest BCUT2D eigenvalue weighted by Crippen LogP contribution is 2.31. The lowest BCUT2D eigenvalue weighted by Gasteiger charge is -2.18. The number of rotatable bonds is 3. The fraction of sp³-hybridized carbons (Fsp3) is 0.125. The zero-order chi connectivity index (χ0) is 24.1. The van der Waals surface area contributed by atoms with E-state index in [-0.39, 0.29) is 5.52 Å². The lowest BCUT2D eigenvalue weighted by atomic mass is 10.1. The predicted octanol–water partition coefficient (Wildman–Crippen LogP) is 3.22. The topological polar surface area (TPSA) is 113 Å². The minimum Gasteiger partial charge on any atom is -0.486 e. The summed E-state index contributed by atoms with van der Waals surface area (Å²) in [4.78, 5) is 25.9. The maximum absolute atomic E-state index is 13.1. The number of hydrogen-bond acceptors (Lipinski definition) is 7. The molecule has 10 nitrogen and oxygen atoms in total. The van der Waals surface area contributed by atoms with Crippen LogP contribution >= 0.6 is 11.6 Å². The molecule has 0 radical (unpaired) electrons. The Balaban J connectivity index is 1.38. The van der Waals surface area contributed by atoms with E-state index in [9.17, 15) is 9.59 Å². The fourth-order valence-corrected chi connectivity index (χ4v) is 4.18. The van der Waals surface area contributed by atoms with Crippen LogP contribution in [0.5, 0.6) is 11.5 Å². The number of fused-ring (bicyclic) bond motifs is 4. The van der Waals surface area contributed by atoms with E-state index >= 15 is 0 Å². The number of ether oxygens (including phenoxy) is 2. The summed E-state index contributed by atoms with van der Waals surface area (Å²) in [6.07, 6.45) is 1.46. The second-order valence-electron chi connectivity index (χ2n) is 7.93. The van der Waals surface area contributed by atoms with Gasteiger partial charge >= 0.3 is 0 Å². The average molecular weight is 489 g/mol. The zero-order valence-corrected chi connectivity index (χ0v) is 19.1.